The molecule has 126 valence electrons. The van der Waals surface area contributed by atoms with Crippen molar-refractivity contribution in [1.29, 1.82) is 5.26 Å². The first kappa shape index (κ1) is 19.4. The zero-order chi connectivity index (χ0) is 17.6. The Kier molecular flexibility index (Phi) is 9.56. The molecule has 0 saturated heterocycles. The number of halogens is 1. The molecular formula is C20H23FN2O. The van der Waals surface area contributed by atoms with E-state index in [-0.39, 0.29) is 13.0 Å². The Morgan fingerprint density at radius 1 is 1.08 bits per heavy atom. The maximum atomic E-state index is 13.3. The molecule has 0 spiro atoms. The van der Waals surface area contributed by atoms with Gasteiger partial charge in [-0.05, 0) is 30.4 Å². The van der Waals surface area contributed by atoms with Gasteiger partial charge in [0.05, 0.1) is 6.07 Å². The number of amides is 1. The molecule has 0 aliphatic carbocycles. The lowest BCUT2D eigenvalue weighted by Gasteiger charge is -2.07. The van der Waals surface area contributed by atoms with Crippen LogP contribution < -0.4 is 5.32 Å². The van der Waals surface area contributed by atoms with E-state index >= 15 is 0 Å². The summed E-state index contributed by atoms with van der Waals surface area (Å²) in [5, 5.41) is 10.4. The molecule has 0 aromatic heterocycles. The fourth-order valence-electron chi connectivity index (χ4n) is 2.02. The van der Waals surface area contributed by atoms with E-state index in [1.165, 1.54) is 5.56 Å². The molecular weight excluding hydrogens is 303 g/mol. The second-order valence-electron chi connectivity index (χ2n) is 5.21. The molecule has 0 heterocycles. The van der Waals surface area contributed by atoms with E-state index < -0.39 is 12.1 Å². The van der Waals surface area contributed by atoms with Gasteiger partial charge < -0.3 is 5.32 Å². The average Bonchev–Trinajstić information content (AvgIpc) is 2.66. The molecule has 1 N–H and O–H groups in total. The SMILES string of the molecule is CCc1ccccc1.N#CCNC(=O)[C@@H](F)CCc1ccccc1. The Labute approximate surface area is 143 Å². The van der Waals surface area contributed by atoms with Gasteiger partial charge in [-0.25, -0.2) is 4.39 Å². The van der Waals surface area contributed by atoms with Crippen molar-refractivity contribution in [3.63, 3.8) is 0 Å². The van der Waals surface area contributed by atoms with Gasteiger partial charge in [-0.1, -0.05) is 67.6 Å². The maximum Gasteiger partial charge on any atom is 0.255 e. The predicted octanol–water partition coefficient (Wildman–Crippen LogP) is 3.85. The van der Waals surface area contributed by atoms with Gasteiger partial charge in [0.15, 0.2) is 6.17 Å². The van der Waals surface area contributed by atoms with E-state index in [0.717, 1.165) is 12.0 Å². The van der Waals surface area contributed by atoms with Gasteiger partial charge in [0.1, 0.15) is 6.54 Å². The summed E-state index contributed by atoms with van der Waals surface area (Å²) < 4.78 is 13.3. The van der Waals surface area contributed by atoms with Crippen LogP contribution in [0.5, 0.6) is 0 Å². The fraction of sp³-hybridized carbons (Fsp3) is 0.300. The van der Waals surface area contributed by atoms with Gasteiger partial charge in [-0.2, -0.15) is 5.26 Å². The molecule has 2 rings (SSSR count). The van der Waals surface area contributed by atoms with Gasteiger partial charge in [-0.15, -0.1) is 0 Å². The number of nitriles is 1. The lowest BCUT2D eigenvalue weighted by Crippen LogP contribution is -2.32. The van der Waals surface area contributed by atoms with Crippen LogP contribution >= 0.6 is 0 Å². The highest BCUT2D eigenvalue weighted by molar-refractivity contribution is 5.80. The standard InChI is InChI=1S/C12H13FN2O.C8H10/c13-11(12(16)15-9-8-14)7-6-10-4-2-1-3-5-10;1-2-8-6-4-3-5-7-8/h1-5,11H,6-7,9H2,(H,15,16);3-7H,2H2,1H3/t11-;/m0./s1. The van der Waals surface area contributed by atoms with Crippen LogP contribution in [-0.4, -0.2) is 18.6 Å². The Bertz CT molecular complexity index is 623. The zero-order valence-electron chi connectivity index (χ0n) is 13.9. The van der Waals surface area contributed by atoms with Crippen molar-refractivity contribution in [3.05, 3.63) is 71.8 Å². The molecule has 0 unspecified atom stereocenters. The summed E-state index contributed by atoms with van der Waals surface area (Å²) in [5.74, 6) is -0.711. The molecule has 2 aromatic rings. The van der Waals surface area contributed by atoms with Crippen molar-refractivity contribution in [2.45, 2.75) is 32.4 Å². The number of aryl methyl sites for hydroxylation is 2. The molecule has 0 radical (unpaired) electrons. The van der Waals surface area contributed by atoms with E-state index in [2.05, 4.69) is 36.5 Å². The van der Waals surface area contributed by atoms with Crippen LogP contribution in [0.25, 0.3) is 0 Å². The highest BCUT2D eigenvalue weighted by Crippen LogP contribution is 2.07. The first-order valence-corrected chi connectivity index (χ1v) is 8.04. The number of hydrogen-bond donors (Lipinski definition) is 1. The van der Waals surface area contributed by atoms with Crippen molar-refractivity contribution in [2.75, 3.05) is 6.54 Å². The van der Waals surface area contributed by atoms with Gasteiger partial charge in [0, 0.05) is 0 Å². The third-order valence-electron chi connectivity index (χ3n) is 3.41. The Morgan fingerprint density at radius 3 is 2.08 bits per heavy atom. The van der Waals surface area contributed by atoms with Crippen LogP contribution in [0.2, 0.25) is 0 Å². The van der Waals surface area contributed by atoms with Crippen LogP contribution in [0.15, 0.2) is 60.7 Å². The number of hydrogen-bond acceptors (Lipinski definition) is 2. The van der Waals surface area contributed by atoms with Crippen LogP contribution in [-0.2, 0) is 17.6 Å². The molecule has 3 nitrogen and oxygen atoms in total. The highest BCUT2D eigenvalue weighted by atomic mass is 19.1. The second kappa shape index (κ2) is 11.8. The van der Waals surface area contributed by atoms with E-state index in [4.69, 9.17) is 5.26 Å². The van der Waals surface area contributed by atoms with Gasteiger partial charge in [0.2, 0.25) is 0 Å². The summed E-state index contributed by atoms with van der Waals surface area (Å²) in [5.41, 5.74) is 2.41. The minimum Gasteiger partial charge on any atom is -0.340 e. The number of rotatable bonds is 6. The maximum absolute atomic E-state index is 13.3. The molecule has 24 heavy (non-hydrogen) atoms. The molecule has 0 aliphatic heterocycles. The molecule has 4 heteroatoms. The third kappa shape index (κ3) is 8.09. The highest BCUT2D eigenvalue weighted by Gasteiger charge is 2.15. The Balaban J connectivity index is 0.000000300. The largest absolute Gasteiger partial charge is 0.340 e. The monoisotopic (exact) mass is 326 g/mol. The summed E-state index contributed by atoms with van der Waals surface area (Å²) in [6.07, 6.45) is 0.248. The second-order valence-corrected chi connectivity index (χ2v) is 5.21. The van der Waals surface area contributed by atoms with Gasteiger partial charge >= 0.3 is 0 Å². The number of benzene rings is 2. The van der Waals surface area contributed by atoms with E-state index in [0.29, 0.717) is 6.42 Å². The molecule has 0 bridgehead atoms. The lowest BCUT2D eigenvalue weighted by atomic mass is 10.1. The minimum absolute atomic E-state index is 0.140. The van der Waals surface area contributed by atoms with Crippen molar-refractivity contribution in [2.24, 2.45) is 0 Å². The zero-order valence-corrected chi connectivity index (χ0v) is 13.9. The molecule has 1 atom stereocenters. The van der Waals surface area contributed by atoms with Crippen molar-refractivity contribution in [3.8, 4) is 6.07 Å². The molecule has 1 amide bonds. The summed E-state index contributed by atoms with van der Waals surface area (Å²) in [6, 6.07) is 21.6. The number of carbonyl (C=O) groups is 1. The van der Waals surface area contributed by atoms with Crippen LogP contribution in [0.1, 0.15) is 24.5 Å². The number of nitrogens with one attached hydrogen (secondary N) is 1. The smallest absolute Gasteiger partial charge is 0.255 e. The molecule has 0 aliphatic rings. The summed E-state index contributed by atoms with van der Waals surface area (Å²) in [6.45, 7) is 2.01. The van der Waals surface area contributed by atoms with Crippen molar-refractivity contribution >= 4 is 5.91 Å². The summed E-state index contributed by atoms with van der Waals surface area (Å²) >= 11 is 0. The van der Waals surface area contributed by atoms with E-state index in [1.807, 2.05) is 36.4 Å². The average molecular weight is 326 g/mol. The number of alkyl halides is 1. The lowest BCUT2D eigenvalue weighted by molar-refractivity contribution is -0.125. The summed E-state index contributed by atoms with van der Waals surface area (Å²) in [7, 11) is 0. The third-order valence-corrected chi connectivity index (χ3v) is 3.41. The van der Waals surface area contributed by atoms with Crippen LogP contribution in [0, 0.1) is 11.3 Å². The fourth-order valence-corrected chi connectivity index (χ4v) is 2.02. The normalized spacial score (nSPS) is 10.7. The van der Waals surface area contributed by atoms with Gasteiger partial charge in [-0.3, -0.25) is 4.79 Å². The van der Waals surface area contributed by atoms with Crippen molar-refractivity contribution < 1.29 is 9.18 Å². The quantitative estimate of drug-likeness (QED) is 0.820. The molecule has 2 aromatic carbocycles. The van der Waals surface area contributed by atoms with E-state index in [9.17, 15) is 9.18 Å². The Morgan fingerprint density at radius 2 is 1.62 bits per heavy atom. The van der Waals surface area contributed by atoms with Crippen LogP contribution in [0.4, 0.5) is 4.39 Å². The van der Waals surface area contributed by atoms with Crippen molar-refractivity contribution in [1.82, 2.24) is 5.32 Å². The predicted molar refractivity (Wildman–Crippen MR) is 94.1 cm³/mol. The molecule has 0 saturated carbocycles. The number of nitrogens with zero attached hydrogens (tertiary/aromatic N) is 1. The minimum atomic E-state index is -1.55. The summed E-state index contributed by atoms with van der Waals surface area (Å²) in [4.78, 5) is 11.1. The molecule has 0 fully saturated rings. The van der Waals surface area contributed by atoms with Gasteiger partial charge in [0.25, 0.3) is 5.91 Å². The first-order valence-electron chi connectivity index (χ1n) is 8.04. The number of carbonyl (C=O) groups excluding carboxylic acids is 1. The topological polar surface area (TPSA) is 52.9 Å². The Hall–Kier alpha value is -2.67. The van der Waals surface area contributed by atoms with E-state index in [1.54, 1.807) is 6.07 Å². The van der Waals surface area contributed by atoms with Crippen LogP contribution in [0.3, 0.4) is 0 Å². The first-order chi connectivity index (χ1) is 11.7.